The van der Waals surface area contributed by atoms with Crippen molar-refractivity contribution in [3.8, 4) is 5.75 Å². The van der Waals surface area contributed by atoms with Crippen molar-refractivity contribution in [3.63, 3.8) is 0 Å². The summed E-state index contributed by atoms with van der Waals surface area (Å²) in [4.78, 5) is 24.5. The largest absolute Gasteiger partial charge is 0.507 e. The summed E-state index contributed by atoms with van der Waals surface area (Å²) in [5, 5.41) is 23.3. The molecule has 0 aliphatic carbocycles. The molecule has 1 heterocycles. The highest BCUT2D eigenvalue weighted by Crippen LogP contribution is 2.26. The molecule has 7 nitrogen and oxygen atoms in total. The van der Waals surface area contributed by atoms with Gasteiger partial charge in [-0.1, -0.05) is 57.0 Å². The van der Waals surface area contributed by atoms with Gasteiger partial charge in [-0.25, -0.2) is 9.59 Å². The van der Waals surface area contributed by atoms with Crippen LogP contribution >= 0.6 is 0 Å². The van der Waals surface area contributed by atoms with Crippen LogP contribution in [0.25, 0.3) is 0 Å². The first-order valence-corrected chi connectivity index (χ1v) is 11.4. The molecule has 3 unspecified atom stereocenters. The van der Waals surface area contributed by atoms with Gasteiger partial charge < -0.3 is 19.7 Å². The number of ether oxygens (including phenoxy) is 2. The van der Waals surface area contributed by atoms with Gasteiger partial charge in [-0.15, -0.1) is 0 Å². The second-order valence-electron chi connectivity index (χ2n) is 8.16. The number of phenols is 1. The molecule has 0 saturated heterocycles. The van der Waals surface area contributed by atoms with Crippen molar-refractivity contribution in [2.45, 2.75) is 71.0 Å². The summed E-state index contributed by atoms with van der Waals surface area (Å²) in [6.45, 7) is 4.40. The van der Waals surface area contributed by atoms with Crippen LogP contribution in [-0.4, -0.2) is 41.1 Å². The van der Waals surface area contributed by atoms with E-state index in [1.165, 1.54) is 12.3 Å². The Labute approximate surface area is 190 Å². The van der Waals surface area contributed by atoms with Crippen molar-refractivity contribution in [1.82, 2.24) is 5.32 Å². The van der Waals surface area contributed by atoms with E-state index >= 15 is 0 Å². The molecule has 32 heavy (non-hydrogen) atoms. The molecular formula is C25H35NO6. The predicted octanol–water partition coefficient (Wildman–Crippen LogP) is 4.63. The summed E-state index contributed by atoms with van der Waals surface area (Å²) in [6.07, 6.45) is 9.82. The van der Waals surface area contributed by atoms with E-state index in [-0.39, 0.29) is 23.7 Å². The zero-order chi connectivity index (χ0) is 23.3. The van der Waals surface area contributed by atoms with Crippen molar-refractivity contribution in [1.29, 1.82) is 0 Å². The van der Waals surface area contributed by atoms with Crippen LogP contribution in [0.2, 0.25) is 0 Å². The third kappa shape index (κ3) is 8.38. The number of nitrogens with one attached hydrogen (secondary N) is 1. The summed E-state index contributed by atoms with van der Waals surface area (Å²) in [6, 6.07) is 4.94. The maximum Gasteiger partial charge on any atom is 0.411 e. The van der Waals surface area contributed by atoms with Gasteiger partial charge in [-0.3, -0.25) is 5.32 Å². The molecule has 1 amide bonds. The summed E-state index contributed by atoms with van der Waals surface area (Å²) in [5.41, 5.74) is 0.824. The lowest BCUT2D eigenvalue weighted by molar-refractivity contribution is 0.00678. The molecule has 2 rings (SSSR count). The number of unbranched alkanes of at least 4 members (excludes halogenated alkanes) is 2. The number of phenolic OH excluding ortho intramolecular Hbond substituents is 1. The SMILES string of the molecule is CCCCCOC(=O)N/C=C/CC1CC(O)C(C)C/C=C/Cc2cccc(O)c2C(=O)O1. The number of cyclic esters (lactones) is 1. The fourth-order valence-corrected chi connectivity index (χ4v) is 3.48. The fourth-order valence-electron chi connectivity index (χ4n) is 3.48. The number of carbonyl (C=O) groups is 2. The van der Waals surface area contributed by atoms with Crippen molar-refractivity contribution in [3.05, 3.63) is 53.8 Å². The van der Waals surface area contributed by atoms with E-state index in [1.807, 2.05) is 19.1 Å². The van der Waals surface area contributed by atoms with Crippen LogP contribution in [0, 0.1) is 5.92 Å². The lowest BCUT2D eigenvalue weighted by atomic mass is 9.94. The molecule has 0 bridgehead atoms. The number of aliphatic hydroxyl groups is 1. The second-order valence-corrected chi connectivity index (χ2v) is 8.16. The molecule has 1 aromatic carbocycles. The Balaban J connectivity index is 2.05. The Kier molecular flexibility index (Phi) is 10.8. The number of esters is 1. The Morgan fingerprint density at radius 2 is 2.12 bits per heavy atom. The molecule has 0 fully saturated rings. The topological polar surface area (TPSA) is 105 Å². The highest BCUT2D eigenvalue weighted by atomic mass is 16.5. The molecule has 1 aliphatic heterocycles. The van der Waals surface area contributed by atoms with Gasteiger partial charge in [0.25, 0.3) is 0 Å². The van der Waals surface area contributed by atoms with E-state index in [0.29, 0.717) is 31.4 Å². The molecule has 1 aliphatic rings. The average molecular weight is 446 g/mol. The first-order valence-electron chi connectivity index (χ1n) is 11.4. The Morgan fingerprint density at radius 1 is 1.31 bits per heavy atom. The Morgan fingerprint density at radius 3 is 2.91 bits per heavy atom. The number of amides is 1. The van der Waals surface area contributed by atoms with Gasteiger partial charge in [0.1, 0.15) is 17.4 Å². The van der Waals surface area contributed by atoms with Crippen LogP contribution in [-0.2, 0) is 15.9 Å². The van der Waals surface area contributed by atoms with Gasteiger partial charge in [-0.2, -0.15) is 0 Å². The number of rotatable bonds is 7. The van der Waals surface area contributed by atoms with Crippen molar-refractivity contribution in [2.24, 2.45) is 5.92 Å². The first-order chi connectivity index (χ1) is 15.4. The molecule has 0 radical (unpaired) electrons. The van der Waals surface area contributed by atoms with E-state index < -0.39 is 24.3 Å². The van der Waals surface area contributed by atoms with Crippen molar-refractivity contribution < 1.29 is 29.3 Å². The van der Waals surface area contributed by atoms with Crippen LogP contribution in [0.1, 0.15) is 68.3 Å². The number of hydrogen-bond acceptors (Lipinski definition) is 6. The minimum atomic E-state index is -0.661. The Hall–Kier alpha value is -2.80. The zero-order valence-corrected chi connectivity index (χ0v) is 19.0. The van der Waals surface area contributed by atoms with Crippen LogP contribution in [0.4, 0.5) is 4.79 Å². The normalized spacial score (nSPS) is 22.8. The van der Waals surface area contributed by atoms with Gasteiger partial charge in [0, 0.05) is 19.0 Å². The first kappa shape index (κ1) is 25.5. The second kappa shape index (κ2) is 13.6. The molecule has 1 aromatic rings. The number of benzene rings is 1. The van der Waals surface area contributed by atoms with Crippen molar-refractivity contribution >= 4 is 12.1 Å². The number of aliphatic hydroxyl groups excluding tert-OH is 1. The highest BCUT2D eigenvalue weighted by molar-refractivity contribution is 5.94. The maximum absolute atomic E-state index is 12.9. The quantitative estimate of drug-likeness (QED) is 0.321. The molecule has 0 aromatic heterocycles. The van der Waals surface area contributed by atoms with Gasteiger partial charge in [0.15, 0.2) is 0 Å². The van der Waals surface area contributed by atoms with Crippen LogP contribution in [0.15, 0.2) is 42.6 Å². The lowest BCUT2D eigenvalue weighted by Crippen LogP contribution is -2.28. The van der Waals surface area contributed by atoms with Gasteiger partial charge >= 0.3 is 12.1 Å². The number of carbonyl (C=O) groups excluding carboxylic acids is 2. The Bertz CT molecular complexity index is 804. The van der Waals surface area contributed by atoms with Gasteiger partial charge in [0.05, 0.1) is 12.7 Å². The summed E-state index contributed by atoms with van der Waals surface area (Å²) in [7, 11) is 0. The van der Waals surface area contributed by atoms with E-state index in [0.717, 1.165) is 19.3 Å². The van der Waals surface area contributed by atoms with Gasteiger partial charge in [0.2, 0.25) is 0 Å². The molecular weight excluding hydrogens is 410 g/mol. The third-order valence-corrected chi connectivity index (χ3v) is 5.48. The lowest BCUT2D eigenvalue weighted by Gasteiger charge is -2.24. The number of aromatic hydroxyl groups is 1. The highest BCUT2D eigenvalue weighted by Gasteiger charge is 2.25. The fraction of sp³-hybridized carbons (Fsp3) is 0.520. The monoisotopic (exact) mass is 445 g/mol. The third-order valence-electron chi connectivity index (χ3n) is 5.48. The number of alkyl carbamates (subject to hydrolysis) is 1. The van der Waals surface area contributed by atoms with Crippen LogP contribution in [0.3, 0.4) is 0 Å². The number of fused-ring (bicyclic) bond motifs is 1. The average Bonchev–Trinajstić information content (AvgIpc) is 2.76. The molecule has 3 N–H and O–H groups in total. The maximum atomic E-state index is 12.9. The zero-order valence-electron chi connectivity index (χ0n) is 19.0. The van der Waals surface area contributed by atoms with Crippen molar-refractivity contribution in [2.75, 3.05) is 6.61 Å². The number of hydrogen-bond donors (Lipinski definition) is 3. The summed E-state index contributed by atoms with van der Waals surface area (Å²) < 4.78 is 10.7. The molecule has 176 valence electrons. The summed E-state index contributed by atoms with van der Waals surface area (Å²) in [5.74, 6) is -0.766. The number of allylic oxidation sites excluding steroid dienone is 2. The molecule has 3 atom stereocenters. The minimum Gasteiger partial charge on any atom is -0.507 e. The van der Waals surface area contributed by atoms with E-state index in [4.69, 9.17) is 9.47 Å². The van der Waals surface area contributed by atoms with E-state index in [2.05, 4.69) is 12.2 Å². The molecule has 7 heteroatoms. The van der Waals surface area contributed by atoms with E-state index in [1.54, 1.807) is 18.2 Å². The summed E-state index contributed by atoms with van der Waals surface area (Å²) >= 11 is 0. The van der Waals surface area contributed by atoms with E-state index in [9.17, 15) is 19.8 Å². The van der Waals surface area contributed by atoms with Crippen LogP contribution < -0.4 is 5.32 Å². The molecule has 0 saturated carbocycles. The van der Waals surface area contributed by atoms with Gasteiger partial charge in [-0.05, 0) is 36.8 Å². The molecule has 0 spiro atoms. The van der Waals surface area contributed by atoms with Crippen LogP contribution in [0.5, 0.6) is 5.75 Å². The standard InChI is InChI=1S/C25H35NO6/c1-3-4-7-16-31-25(30)26-15-9-13-20-17-22(28)18(2)10-5-6-11-19-12-8-14-21(27)23(19)24(29)32-20/h5-6,8-9,12,14-15,18,20,22,27-28H,3-4,7,10-11,13,16-17H2,1-2H3,(H,26,30)/b6-5+,15-9+. The minimum absolute atomic E-state index is 0.00396. The predicted molar refractivity (Wildman–Crippen MR) is 122 cm³/mol. The smallest absolute Gasteiger partial charge is 0.411 e.